The maximum Gasteiger partial charge on any atom is 0.291 e. The lowest BCUT2D eigenvalue weighted by molar-refractivity contribution is 0.0487. The van der Waals surface area contributed by atoms with Gasteiger partial charge in [-0.15, -0.1) is 0 Å². The lowest BCUT2D eigenvalue weighted by Crippen LogP contribution is -2.41. The molecule has 1 amide bonds. The quantitative estimate of drug-likeness (QED) is 0.795. The van der Waals surface area contributed by atoms with Gasteiger partial charge in [0, 0.05) is 33.2 Å². The number of carbonyl (C=O) groups is 1. The first-order valence-corrected chi connectivity index (χ1v) is 7.47. The molecule has 0 unspecified atom stereocenters. The molecule has 6 heteroatoms. The molecule has 0 spiro atoms. The largest absolute Gasteiger partial charge is 0.436 e. The zero-order valence-electron chi connectivity index (χ0n) is 13.4. The van der Waals surface area contributed by atoms with Crippen molar-refractivity contribution in [1.29, 1.82) is 0 Å². The van der Waals surface area contributed by atoms with Crippen molar-refractivity contribution in [2.45, 2.75) is 32.8 Å². The Hall–Kier alpha value is -1.40. The van der Waals surface area contributed by atoms with Crippen molar-refractivity contribution < 1.29 is 13.9 Å². The Bertz CT molecular complexity index is 479. The summed E-state index contributed by atoms with van der Waals surface area (Å²) < 4.78 is 11.1. The minimum atomic E-state index is -0.0922. The number of oxazole rings is 1. The number of hydrogen-bond donors (Lipinski definition) is 0. The van der Waals surface area contributed by atoms with Crippen LogP contribution in [0.15, 0.2) is 4.42 Å². The van der Waals surface area contributed by atoms with E-state index in [1.807, 2.05) is 19.0 Å². The minimum absolute atomic E-state index is 0.0922. The van der Waals surface area contributed by atoms with Crippen LogP contribution in [-0.4, -0.2) is 67.1 Å². The third-order valence-electron chi connectivity index (χ3n) is 3.65. The first-order valence-electron chi connectivity index (χ1n) is 7.47. The fraction of sp³-hybridized carbons (Fsp3) is 0.733. The van der Waals surface area contributed by atoms with E-state index >= 15 is 0 Å². The molecule has 1 aliphatic heterocycles. The molecular weight excluding hydrogens is 270 g/mol. The molecule has 0 radical (unpaired) electrons. The molecule has 1 saturated heterocycles. The fourth-order valence-corrected chi connectivity index (χ4v) is 2.50. The number of amides is 1. The van der Waals surface area contributed by atoms with E-state index in [9.17, 15) is 4.79 Å². The van der Waals surface area contributed by atoms with Gasteiger partial charge in [-0.1, -0.05) is 0 Å². The molecule has 1 atom stereocenters. The molecule has 118 valence electrons. The summed E-state index contributed by atoms with van der Waals surface area (Å²) in [4.78, 5) is 20.8. The molecule has 1 fully saturated rings. The maximum atomic E-state index is 12.7. The second kappa shape index (κ2) is 7.04. The molecule has 0 aromatic carbocycles. The number of aryl methyl sites for hydroxylation is 2. The molecular formula is C15H25N3O3. The summed E-state index contributed by atoms with van der Waals surface area (Å²) in [6.45, 7) is 6.44. The molecule has 1 aliphatic rings. The Balaban J connectivity index is 2.08. The van der Waals surface area contributed by atoms with Gasteiger partial charge in [-0.3, -0.25) is 4.79 Å². The van der Waals surface area contributed by atoms with Crippen molar-refractivity contribution in [2.24, 2.45) is 0 Å². The van der Waals surface area contributed by atoms with Gasteiger partial charge in [0.1, 0.15) is 0 Å². The van der Waals surface area contributed by atoms with Crippen molar-refractivity contribution in [3.63, 3.8) is 0 Å². The van der Waals surface area contributed by atoms with Crippen LogP contribution in [0.25, 0.3) is 0 Å². The molecule has 6 nitrogen and oxygen atoms in total. The second-order valence-corrected chi connectivity index (χ2v) is 5.84. The first kappa shape index (κ1) is 16.0. The van der Waals surface area contributed by atoms with Gasteiger partial charge in [0.05, 0.1) is 11.8 Å². The summed E-state index contributed by atoms with van der Waals surface area (Å²) in [5, 5.41) is 0. The Morgan fingerprint density at radius 3 is 2.62 bits per heavy atom. The van der Waals surface area contributed by atoms with Gasteiger partial charge >= 0.3 is 0 Å². The number of hydrogen-bond acceptors (Lipinski definition) is 5. The smallest absolute Gasteiger partial charge is 0.291 e. The van der Waals surface area contributed by atoms with Gasteiger partial charge in [0.15, 0.2) is 5.89 Å². The number of ether oxygens (including phenoxy) is 1. The minimum Gasteiger partial charge on any atom is -0.436 e. The standard InChI is InChI=1S/C15H25N3O3/c1-11-14(21-12(2)16-11)15(19)18(8-7-17(3)4)10-13-6-5-9-20-13/h13H,5-10H2,1-4H3/t13-/m1/s1. The van der Waals surface area contributed by atoms with E-state index in [4.69, 9.17) is 9.15 Å². The number of rotatable bonds is 6. The molecule has 0 saturated carbocycles. The lowest BCUT2D eigenvalue weighted by atomic mass is 10.2. The van der Waals surface area contributed by atoms with Crippen LogP contribution in [0.4, 0.5) is 0 Å². The average molecular weight is 295 g/mol. The number of likely N-dealkylation sites (N-methyl/N-ethyl adjacent to an activating group) is 1. The van der Waals surface area contributed by atoms with E-state index in [0.717, 1.165) is 26.0 Å². The fourth-order valence-electron chi connectivity index (χ4n) is 2.50. The number of nitrogens with zero attached hydrogens (tertiary/aromatic N) is 3. The van der Waals surface area contributed by atoms with Crippen molar-refractivity contribution in [3.8, 4) is 0 Å². The molecule has 2 rings (SSSR count). The van der Waals surface area contributed by atoms with Gasteiger partial charge in [-0.25, -0.2) is 4.98 Å². The summed E-state index contributed by atoms with van der Waals surface area (Å²) in [5.41, 5.74) is 0.652. The van der Waals surface area contributed by atoms with Gasteiger partial charge in [0.25, 0.3) is 5.91 Å². The van der Waals surface area contributed by atoms with Crippen LogP contribution < -0.4 is 0 Å². The first-order chi connectivity index (χ1) is 9.97. The zero-order valence-corrected chi connectivity index (χ0v) is 13.4. The lowest BCUT2D eigenvalue weighted by Gasteiger charge is -2.26. The molecule has 1 aromatic heterocycles. The Morgan fingerprint density at radius 2 is 2.10 bits per heavy atom. The summed E-state index contributed by atoms with van der Waals surface area (Å²) >= 11 is 0. The molecule has 2 heterocycles. The Labute approximate surface area is 126 Å². The van der Waals surface area contributed by atoms with Crippen LogP contribution in [-0.2, 0) is 4.74 Å². The zero-order chi connectivity index (χ0) is 15.4. The normalized spacial score (nSPS) is 18.4. The number of carbonyl (C=O) groups excluding carboxylic acids is 1. The van der Waals surface area contributed by atoms with Crippen LogP contribution in [0.2, 0.25) is 0 Å². The van der Waals surface area contributed by atoms with E-state index in [0.29, 0.717) is 30.4 Å². The van der Waals surface area contributed by atoms with Crippen LogP contribution >= 0.6 is 0 Å². The molecule has 21 heavy (non-hydrogen) atoms. The van der Waals surface area contributed by atoms with E-state index < -0.39 is 0 Å². The van der Waals surface area contributed by atoms with Crippen molar-refractivity contribution in [1.82, 2.24) is 14.8 Å². The summed E-state index contributed by atoms with van der Waals surface area (Å²) in [7, 11) is 4.00. The highest BCUT2D eigenvalue weighted by atomic mass is 16.5. The predicted molar refractivity (Wildman–Crippen MR) is 79.4 cm³/mol. The SMILES string of the molecule is Cc1nc(C)c(C(=O)N(CCN(C)C)C[C@H]2CCCO2)o1. The molecule has 0 aliphatic carbocycles. The van der Waals surface area contributed by atoms with Crippen molar-refractivity contribution in [2.75, 3.05) is 40.3 Å². The van der Waals surface area contributed by atoms with E-state index in [1.54, 1.807) is 13.8 Å². The highest BCUT2D eigenvalue weighted by molar-refractivity contribution is 5.92. The van der Waals surface area contributed by atoms with Gasteiger partial charge in [-0.05, 0) is 33.9 Å². The van der Waals surface area contributed by atoms with Gasteiger partial charge in [-0.2, -0.15) is 0 Å². The van der Waals surface area contributed by atoms with Gasteiger partial charge < -0.3 is 19.0 Å². The Kier molecular flexibility index (Phi) is 5.36. The average Bonchev–Trinajstić information content (AvgIpc) is 3.03. The molecule has 0 N–H and O–H groups in total. The van der Waals surface area contributed by atoms with Crippen molar-refractivity contribution in [3.05, 3.63) is 17.3 Å². The maximum absolute atomic E-state index is 12.7. The van der Waals surface area contributed by atoms with Gasteiger partial charge in [0.2, 0.25) is 5.76 Å². The summed E-state index contributed by atoms with van der Waals surface area (Å²) in [5.74, 6) is 0.787. The highest BCUT2D eigenvalue weighted by Crippen LogP contribution is 2.17. The Morgan fingerprint density at radius 1 is 1.33 bits per heavy atom. The monoisotopic (exact) mass is 295 g/mol. The summed E-state index contributed by atoms with van der Waals surface area (Å²) in [6, 6.07) is 0. The van der Waals surface area contributed by atoms with E-state index in [1.165, 1.54) is 0 Å². The highest BCUT2D eigenvalue weighted by Gasteiger charge is 2.26. The number of aromatic nitrogens is 1. The third kappa shape index (κ3) is 4.28. The molecule has 0 bridgehead atoms. The van der Waals surface area contributed by atoms with E-state index in [2.05, 4.69) is 9.88 Å². The van der Waals surface area contributed by atoms with E-state index in [-0.39, 0.29) is 12.0 Å². The molecule has 1 aromatic rings. The topological polar surface area (TPSA) is 58.8 Å². The summed E-state index contributed by atoms with van der Waals surface area (Å²) in [6.07, 6.45) is 2.22. The van der Waals surface area contributed by atoms with Crippen LogP contribution in [0.1, 0.15) is 35.0 Å². The van der Waals surface area contributed by atoms with Crippen LogP contribution in [0, 0.1) is 13.8 Å². The van der Waals surface area contributed by atoms with Crippen molar-refractivity contribution >= 4 is 5.91 Å². The van der Waals surface area contributed by atoms with Crippen LogP contribution in [0.5, 0.6) is 0 Å². The van der Waals surface area contributed by atoms with Crippen LogP contribution in [0.3, 0.4) is 0 Å². The second-order valence-electron chi connectivity index (χ2n) is 5.84. The predicted octanol–water partition coefficient (Wildman–Crippen LogP) is 1.47. The third-order valence-corrected chi connectivity index (χ3v) is 3.65.